The Morgan fingerprint density at radius 1 is 1.31 bits per heavy atom. The molecular formula is C10H10BrNO3S. The van der Waals surface area contributed by atoms with Gasteiger partial charge in [0.25, 0.3) is 10.0 Å². The molecule has 1 aliphatic rings. The normalized spacial score (nSPS) is 15.8. The summed E-state index contributed by atoms with van der Waals surface area (Å²) in [5.74, 6) is -0.534. The molecule has 1 aliphatic carbocycles. The first-order chi connectivity index (χ1) is 7.50. The van der Waals surface area contributed by atoms with E-state index in [4.69, 9.17) is 0 Å². The van der Waals surface area contributed by atoms with Crippen molar-refractivity contribution < 1.29 is 13.2 Å². The minimum Gasteiger partial charge on any atom is -0.274 e. The Kier molecular flexibility index (Phi) is 3.03. The SMILES string of the molecule is O=C(NS(=O)(=O)c1ccccc1Br)C1CC1. The van der Waals surface area contributed by atoms with Crippen LogP contribution >= 0.6 is 15.9 Å². The van der Waals surface area contributed by atoms with Crippen LogP contribution < -0.4 is 4.72 Å². The van der Waals surface area contributed by atoms with Crippen molar-refractivity contribution in [3.8, 4) is 0 Å². The summed E-state index contributed by atoms with van der Waals surface area (Å²) >= 11 is 3.14. The maximum atomic E-state index is 11.8. The van der Waals surface area contributed by atoms with E-state index in [9.17, 15) is 13.2 Å². The lowest BCUT2D eigenvalue weighted by atomic mass is 10.4. The summed E-state index contributed by atoms with van der Waals surface area (Å²) in [6, 6.07) is 6.40. The molecule has 1 N–H and O–H groups in total. The zero-order valence-electron chi connectivity index (χ0n) is 8.31. The second kappa shape index (κ2) is 4.18. The van der Waals surface area contributed by atoms with Gasteiger partial charge < -0.3 is 0 Å². The molecule has 1 saturated carbocycles. The first-order valence-corrected chi connectivity index (χ1v) is 7.09. The van der Waals surface area contributed by atoms with E-state index in [0.29, 0.717) is 4.47 Å². The van der Waals surface area contributed by atoms with E-state index in [2.05, 4.69) is 20.7 Å². The second-order valence-electron chi connectivity index (χ2n) is 3.67. The number of nitrogens with one attached hydrogen (secondary N) is 1. The molecule has 0 radical (unpaired) electrons. The van der Waals surface area contributed by atoms with E-state index in [1.807, 2.05) is 0 Å². The van der Waals surface area contributed by atoms with Crippen LogP contribution in [0.5, 0.6) is 0 Å². The van der Waals surface area contributed by atoms with Gasteiger partial charge in [0, 0.05) is 10.4 Å². The number of amides is 1. The fourth-order valence-corrected chi connectivity index (χ4v) is 3.33. The van der Waals surface area contributed by atoms with Gasteiger partial charge in [-0.25, -0.2) is 13.1 Å². The largest absolute Gasteiger partial charge is 0.274 e. The Balaban J connectivity index is 2.25. The number of carbonyl (C=O) groups excluding carboxylic acids is 1. The van der Waals surface area contributed by atoms with Crippen LogP contribution in [0.25, 0.3) is 0 Å². The number of halogens is 1. The molecule has 0 heterocycles. The van der Waals surface area contributed by atoms with Crippen LogP contribution in [-0.2, 0) is 14.8 Å². The Bertz CT molecular complexity index is 523. The maximum Gasteiger partial charge on any atom is 0.265 e. The summed E-state index contributed by atoms with van der Waals surface area (Å²) in [4.78, 5) is 11.5. The van der Waals surface area contributed by atoms with Gasteiger partial charge in [0.15, 0.2) is 0 Å². The molecule has 0 aromatic heterocycles. The van der Waals surface area contributed by atoms with Crippen molar-refractivity contribution in [2.75, 3.05) is 0 Å². The van der Waals surface area contributed by atoms with Crippen LogP contribution in [0.3, 0.4) is 0 Å². The average molecular weight is 304 g/mol. The van der Waals surface area contributed by atoms with Crippen LogP contribution in [0.15, 0.2) is 33.6 Å². The van der Waals surface area contributed by atoms with Gasteiger partial charge in [0.1, 0.15) is 4.90 Å². The predicted molar refractivity (Wildman–Crippen MR) is 62.2 cm³/mol. The molecule has 1 fully saturated rings. The number of sulfonamides is 1. The molecule has 2 rings (SSSR count). The van der Waals surface area contributed by atoms with Crippen molar-refractivity contribution in [1.82, 2.24) is 4.72 Å². The first kappa shape index (κ1) is 11.6. The second-order valence-corrected chi connectivity index (χ2v) is 6.18. The van der Waals surface area contributed by atoms with Crippen LogP contribution in [0.4, 0.5) is 0 Å². The molecule has 86 valence electrons. The van der Waals surface area contributed by atoms with Gasteiger partial charge in [-0.15, -0.1) is 0 Å². The van der Waals surface area contributed by atoms with Gasteiger partial charge in [0.05, 0.1) is 0 Å². The quantitative estimate of drug-likeness (QED) is 0.924. The van der Waals surface area contributed by atoms with Crippen molar-refractivity contribution in [3.05, 3.63) is 28.7 Å². The number of benzene rings is 1. The average Bonchev–Trinajstić information content (AvgIpc) is 3.00. The standard InChI is InChI=1S/C10H10BrNO3S/c11-8-3-1-2-4-9(8)16(14,15)12-10(13)7-5-6-7/h1-4,7H,5-6H2,(H,12,13). The monoisotopic (exact) mass is 303 g/mol. The summed E-state index contributed by atoms with van der Waals surface area (Å²) < 4.78 is 26.2. The summed E-state index contributed by atoms with van der Waals surface area (Å²) in [5, 5.41) is 0. The molecular weight excluding hydrogens is 294 g/mol. The Morgan fingerprint density at radius 3 is 2.50 bits per heavy atom. The number of hydrogen-bond donors (Lipinski definition) is 1. The summed E-state index contributed by atoms with van der Waals surface area (Å²) in [6.07, 6.45) is 1.55. The highest BCUT2D eigenvalue weighted by molar-refractivity contribution is 9.10. The summed E-state index contributed by atoms with van der Waals surface area (Å²) in [7, 11) is -3.74. The lowest BCUT2D eigenvalue weighted by Gasteiger charge is -2.07. The van der Waals surface area contributed by atoms with Gasteiger partial charge >= 0.3 is 0 Å². The molecule has 4 nitrogen and oxygen atoms in total. The van der Waals surface area contributed by atoms with Gasteiger partial charge in [-0.05, 0) is 40.9 Å². The van der Waals surface area contributed by atoms with E-state index < -0.39 is 15.9 Å². The molecule has 0 saturated heterocycles. The molecule has 1 amide bonds. The fourth-order valence-electron chi connectivity index (χ4n) is 1.28. The molecule has 1 aromatic carbocycles. The first-order valence-electron chi connectivity index (χ1n) is 4.82. The number of rotatable bonds is 3. The molecule has 0 bridgehead atoms. The van der Waals surface area contributed by atoms with Gasteiger partial charge in [-0.2, -0.15) is 0 Å². The van der Waals surface area contributed by atoms with E-state index in [1.165, 1.54) is 6.07 Å². The zero-order valence-corrected chi connectivity index (χ0v) is 10.7. The van der Waals surface area contributed by atoms with Crippen LogP contribution in [-0.4, -0.2) is 14.3 Å². The topological polar surface area (TPSA) is 63.2 Å². The van der Waals surface area contributed by atoms with Crippen molar-refractivity contribution in [1.29, 1.82) is 0 Å². The fraction of sp³-hybridized carbons (Fsp3) is 0.300. The highest BCUT2D eigenvalue weighted by atomic mass is 79.9. The van der Waals surface area contributed by atoms with Gasteiger partial charge in [-0.1, -0.05) is 12.1 Å². The smallest absolute Gasteiger partial charge is 0.265 e. The predicted octanol–water partition coefficient (Wildman–Crippen LogP) is 1.66. The Morgan fingerprint density at radius 2 is 1.94 bits per heavy atom. The maximum absolute atomic E-state index is 11.8. The van der Waals surface area contributed by atoms with Crippen molar-refractivity contribution in [2.24, 2.45) is 5.92 Å². The molecule has 0 spiro atoms. The highest BCUT2D eigenvalue weighted by Gasteiger charge is 2.33. The molecule has 1 aromatic rings. The van der Waals surface area contributed by atoms with Gasteiger partial charge in [0.2, 0.25) is 5.91 Å². The van der Waals surface area contributed by atoms with E-state index >= 15 is 0 Å². The van der Waals surface area contributed by atoms with Crippen LogP contribution in [0, 0.1) is 5.92 Å². The van der Waals surface area contributed by atoms with Crippen molar-refractivity contribution in [3.63, 3.8) is 0 Å². The van der Waals surface area contributed by atoms with Crippen molar-refractivity contribution in [2.45, 2.75) is 17.7 Å². The van der Waals surface area contributed by atoms with Crippen LogP contribution in [0.1, 0.15) is 12.8 Å². The lowest BCUT2D eigenvalue weighted by molar-refractivity contribution is -0.120. The molecule has 0 atom stereocenters. The highest BCUT2D eigenvalue weighted by Crippen LogP contribution is 2.30. The molecule has 0 aliphatic heterocycles. The third kappa shape index (κ3) is 2.44. The number of carbonyl (C=O) groups is 1. The molecule has 0 unspecified atom stereocenters. The lowest BCUT2D eigenvalue weighted by Crippen LogP contribution is -2.31. The third-order valence-corrected chi connectivity index (χ3v) is 4.67. The van der Waals surface area contributed by atoms with Gasteiger partial charge in [-0.3, -0.25) is 4.79 Å². The minimum absolute atomic E-state index is 0.0870. The third-order valence-electron chi connectivity index (χ3n) is 2.31. The van der Waals surface area contributed by atoms with Crippen LogP contribution in [0.2, 0.25) is 0 Å². The summed E-state index contributed by atoms with van der Waals surface area (Å²) in [5.41, 5.74) is 0. The van der Waals surface area contributed by atoms with E-state index in [-0.39, 0.29) is 10.8 Å². The Labute approximate surface area is 102 Å². The van der Waals surface area contributed by atoms with E-state index in [0.717, 1.165) is 12.8 Å². The Hall–Kier alpha value is -0.880. The number of hydrogen-bond acceptors (Lipinski definition) is 3. The van der Waals surface area contributed by atoms with Crippen molar-refractivity contribution >= 4 is 31.9 Å². The zero-order chi connectivity index (χ0) is 11.8. The molecule has 16 heavy (non-hydrogen) atoms. The summed E-state index contributed by atoms with van der Waals surface area (Å²) in [6.45, 7) is 0. The van der Waals surface area contributed by atoms with E-state index in [1.54, 1.807) is 18.2 Å². The minimum atomic E-state index is -3.74. The molecule has 6 heteroatoms.